The monoisotopic (exact) mass is 573 g/mol. The lowest BCUT2D eigenvalue weighted by molar-refractivity contribution is -0.140. The summed E-state index contributed by atoms with van der Waals surface area (Å²) in [6, 6.07) is 17.2. The van der Waals surface area contributed by atoms with Gasteiger partial charge in [0.2, 0.25) is 11.8 Å². The lowest BCUT2D eigenvalue weighted by atomic mass is 10.1. The summed E-state index contributed by atoms with van der Waals surface area (Å²) >= 11 is 6.05. The predicted molar refractivity (Wildman–Crippen MR) is 151 cm³/mol. The number of nitrogens with one attached hydrogen (secondary N) is 1. The largest absolute Gasteiger partial charge is 0.354 e. The van der Waals surface area contributed by atoms with Crippen molar-refractivity contribution < 1.29 is 22.4 Å². The quantitative estimate of drug-likeness (QED) is 0.318. The molecule has 3 aromatic rings. The summed E-state index contributed by atoms with van der Waals surface area (Å²) in [6.45, 7) is 5.42. The maximum Gasteiger partial charge on any atom is 0.264 e. The van der Waals surface area contributed by atoms with Gasteiger partial charge in [0.25, 0.3) is 10.0 Å². The molecule has 1 N–H and O–H groups in total. The predicted octanol–water partition coefficient (Wildman–Crippen LogP) is 5.32. The molecule has 0 spiro atoms. The Labute approximate surface area is 234 Å². The molecule has 7 nitrogen and oxygen atoms in total. The van der Waals surface area contributed by atoms with Crippen LogP contribution in [0.4, 0.5) is 10.1 Å². The molecule has 0 aliphatic heterocycles. The molecule has 208 valence electrons. The molecule has 0 aliphatic rings. The molecule has 0 heterocycles. The Kier molecular flexibility index (Phi) is 10.5. The zero-order chi connectivity index (χ0) is 28.6. The Morgan fingerprint density at radius 2 is 1.56 bits per heavy atom. The van der Waals surface area contributed by atoms with Crippen molar-refractivity contribution in [2.45, 2.75) is 51.1 Å². The second kappa shape index (κ2) is 13.6. The fraction of sp³-hybridized carbons (Fsp3) is 0.310. The van der Waals surface area contributed by atoms with Crippen molar-refractivity contribution in [2.24, 2.45) is 0 Å². The van der Waals surface area contributed by atoms with Gasteiger partial charge in [0.1, 0.15) is 18.4 Å². The highest BCUT2D eigenvalue weighted by Crippen LogP contribution is 2.26. The van der Waals surface area contributed by atoms with E-state index in [1.54, 1.807) is 31.2 Å². The van der Waals surface area contributed by atoms with Crippen molar-refractivity contribution in [3.63, 3.8) is 0 Å². The van der Waals surface area contributed by atoms with E-state index in [4.69, 9.17) is 11.6 Å². The van der Waals surface area contributed by atoms with E-state index in [2.05, 4.69) is 5.32 Å². The number of carbonyl (C=O) groups excluding carboxylic acids is 2. The number of rotatable bonds is 12. The van der Waals surface area contributed by atoms with Gasteiger partial charge in [-0.25, -0.2) is 12.8 Å². The van der Waals surface area contributed by atoms with Gasteiger partial charge in [-0.1, -0.05) is 55.3 Å². The molecule has 0 unspecified atom stereocenters. The van der Waals surface area contributed by atoms with Gasteiger partial charge in [0, 0.05) is 18.1 Å². The number of sulfonamides is 1. The number of hydrogen-bond acceptors (Lipinski definition) is 4. The SMILES string of the molecule is CCCNC(=O)[C@H](CC)N(Cc1ccc(F)cc1)C(=O)CN(c1ccc(Cl)cc1)S(=O)(=O)c1ccc(C)cc1. The number of nitrogens with zero attached hydrogens (tertiary/aromatic N) is 2. The van der Waals surface area contributed by atoms with Gasteiger partial charge in [0.15, 0.2) is 0 Å². The highest BCUT2D eigenvalue weighted by molar-refractivity contribution is 7.92. The third-order valence-electron chi connectivity index (χ3n) is 6.20. The summed E-state index contributed by atoms with van der Waals surface area (Å²) in [4.78, 5) is 28.3. The molecule has 2 amide bonds. The van der Waals surface area contributed by atoms with Crippen LogP contribution in [-0.2, 0) is 26.2 Å². The van der Waals surface area contributed by atoms with Crippen molar-refractivity contribution >= 4 is 39.1 Å². The van der Waals surface area contributed by atoms with Crippen LogP contribution in [0.25, 0.3) is 0 Å². The molecule has 0 saturated carbocycles. The van der Waals surface area contributed by atoms with Crippen LogP contribution in [0.1, 0.15) is 37.8 Å². The topological polar surface area (TPSA) is 86.8 Å². The second-order valence-corrected chi connectivity index (χ2v) is 11.5. The zero-order valence-corrected chi connectivity index (χ0v) is 23.8. The highest BCUT2D eigenvalue weighted by Gasteiger charge is 2.33. The smallest absolute Gasteiger partial charge is 0.264 e. The van der Waals surface area contributed by atoms with Crippen LogP contribution in [0.5, 0.6) is 0 Å². The van der Waals surface area contributed by atoms with E-state index in [1.165, 1.54) is 53.4 Å². The highest BCUT2D eigenvalue weighted by atomic mass is 35.5. The van der Waals surface area contributed by atoms with Crippen LogP contribution in [-0.4, -0.2) is 44.3 Å². The fourth-order valence-corrected chi connectivity index (χ4v) is 5.59. The molecule has 0 radical (unpaired) electrons. The van der Waals surface area contributed by atoms with E-state index in [9.17, 15) is 22.4 Å². The van der Waals surface area contributed by atoms with Crippen molar-refractivity contribution in [3.8, 4) is 0 Å². The first-order valence-corrected chi connectivity index (χ1v) is 14.5. The Morgan fingerprint density at radius 3 is 2.13 bits per heavy atom. The molecule has 3 aromatic carbocycles. The van der Waals surface area contributed by atoms with E-state index in [0.717, 1.165) is 9.87 Å². The minimum atomic E-state index is -4.17. The summed E-state index contributed by atoms with van der Waals surface area (Å²) in [7, 11) is -4.17. The Morgan fingerprint density at radius 1 is 0.949 bits per heavy atom. The summed E-state index contributed by atoms with van der Waals surface area (Å²) in [5.41, 5.74) is 1.74. The molecule has 3 rings (SSSR count). The molecule has 0 saturated heterocycles. The summed E-state index contributed by atoms with van der Waals surface area (Å²) in [5, 5.41) is 3.24. The van der Waals surface area contributed by atoms with Gasteiger partial charge in [-0.05, 0) is 73.9 Å². The number of anilines is 1. The Balaban J connectivity index is 2.03. The van der Waals surface area contributed by atoms with Crippen LogP contribution < -0.4 is 9.62 Å². The van der Waals surface area contributed by atoms with Crippen molar-refractivity contribution in [3.05, 3.63) is 94.8 Å². The minimum absolute atomic E-state index is 0.00377. The molecule has 1 atom stereocenters. The molecular weight excluding hydrogens is 541 g/mol. The second-order valence-electron chi connectivity index (χ2n) is 9.16. The fourth-order valence-electron chi connectivity index (χ4n) is 4.05. The van der Waals surface area contributed by atoms with E-state index >= 15 is 0 Å². The van der Waals surface area contributed by atoms with Crippen molar-refractivity contribution in [1.82, 2.24) is 10.2 Å². The van der Waals surface area contributed by atoms with Gasteiger partial charge >= 0.3 is 0 Å². The van der Waals surface area contributed by atoms with Crippen LogP contribution >= 0.6 is 11.6 Å². The van der Waals surface area contributed by atoms with Gasteiger partial charge in [-0.15, -0.1) is 0 Å². The summed E-state index contributed by atoms with van der Waals surface area (Å²) in [6.07, 6.45) is 1.02. The number of amides is 2. The minimum Gasteiger partial charge on any atom is -0.354 e. The number of hydrogen-bond donors (Lipinski definition) is 1. The number of carbonyl (C=O) groups is 2. The maximum atomic E-state index is 13.9. The van der Waals surface area contributed by atoms with E-state index in [-0.39, 0.29) is 23.0 Å². The lowest BCUT2D eigenvalue weighted by Crippen LogP contribution is -2.52. The molecule has 0 bridgehead atoms. The molecule has 0 aliphatic carbocycles. The third kappa shape index (κ3) is 7.80. The summed E-state index contributed by atoms with van der Waals surface area (Å²) < 4.78 is 42.2. The number of halogens is 2. The van der Waals surface area contributed by atoms with E-state index in [1.807, 2.05) is 13.8 Å². The van der Waals surface area contributed by atoms with Crippen molar-refractivity contribution in [2.75, 3.05) is 17.4 Å². The van der Waals surface area contributed by atoms with Crippen LogP contribution in [0, 0.1) is 12.7 Å². The third-order valence-corrected chi connectivity index (χ3v) is 8.24. The first-order chi connectivity index (χ1) is 18.6. The Hall–Kier alpha value is -3.43. The van der Waals surface area contributed by atoms with E-state index in [0.29, 0.717) is 30.0 Å². The molecule has 10 heteroatoms. The Bertz CT molecular complexity index is 1370. The maximum absolute atomic E-state index is 13.9. The van der Waals surface area contributed by atoms with Gasteiger partial charge in [0.05, 0.1) is 10.6 Å². The standard InChI is InChI=1S/C29H33ClFN3O4S/c1-4-18-32-29(36)27(5-2)33(19-22-8-12-24(31)13-9-22)28(35)20-34(25-14-10-23(30)11-15-25)39(37,38)26-16-6-21(3)7-17-26/h6-17,27H,4-5,18-20H2,1-3H3,(H,32,36)/t27-/m0/s1. The normalized spacial score (nSPS) is 12.0. The van der Waals surface area contributed by atoms with Crippen LogP contribution in [0.3, 0.4) is 0 Å². The van der Waals surface area contributed by atoms with Crippen LogP contribution in [0.2, 0.25) is 5.02 Å². The van der Waals surface area contributed by atoms with Crippen molar-refractivity contribution in [1.29, 1.82) is 0 Å². The average molecular weight is 574 g/mol. The first kappa shape index (κ1) is 30.1. The van der Waals surface area contributed by atoms with E-state index < -0.39 is 34.3 Å². The zero-order valence-electron chi connectivity index (χ0n) is 22.2. The summed E-state index contributed by atoms with van der Waals surface area (Å²) in [5.74, 6) is -1.35. The van der Waals surface area contributed by atoms with Gasteiger partial charge in [-0.3, -0.25) is 13.9 Å². The molecule has 0 aromatic heterocycles. The van der Waals surface area contributed by atoms with Gasteiger partial charge < -0.3 is 10.2 Å². The number of aryl methyl sites for hydroxylation is 1. The molecular formula is C29H33ClFN3O4S. The lowest BCUT2D eigenvalue weighted by Gasteiger charge is -2.33. The average Bonchev–Trinajstić information content (AvgIpc) is 2.92. The first-order valence-electron chi connectivity index (χ1n) is 12.7. The van der Waals surface area contributed by atoms with Gasteiger partial charge in [-0.2, -0.15) is 0 Å². The molecule has 39 heavy (non-hydrogen) atoms. The molecule has 0 fully saturated rings. The van der Waals surface area contributed by atoms with Crippen LogP contribution in [0.15, 0.2) is 77.7 Å². The number of benzene rings is 3.